The standard InChI is InChI=1S/C7H12N2OS/c8-6(1-2-10)5-3-7(9)11-4-5/h3-4,6,10H,1-2,8-9H2. The van der Waals surface area contributed by atoms with Crippen molar-refractivity contribution in [2.75, 3.05) is 12.3 Å². The summed E-state index contributed by atoms with van der Waals surface area (Å²) in [6.07, 6.45) is 0.593. The number of hydrogen-bond donors (Lipinski definition) is 3. The van der Waals surface area contributed by atoms with Gasteiger partial charge in [-0.1, -0.05) is 0 Å². The average Bonchev–Trinajstić information content (AvgIpc) is 2.36. The second kappa shape index (κ2) is 3.71. The van der Waals surface area contributed by atoms with Crippen LogP contribution in [-0.4, -0.2) is 11.7 Å². The van der Waals surface area contributed by atoms with Crippen LogP contribution in [0.1, 0.15) is 18.0 Å². The lowest BCUT2D eigenvalue weighted by atomic mass is 10.1. The number of aliphatic hydroxyl groups is 1. The molecule has 4 heteroatoms. The molecule has 0 saturated carbocycles. The third kappa shape index (κ3) is 2.18. The summed E-state index contributed by atoms with van der Waals surface area (Å²) < 4.78 is 0. The average molecular weight is 172 g/mol. The van der Waals surface area contributed by atoms with E-state index in [4.69, 9.17) is 16.6 Å². The van der Waals surface area contributed by atoms with E-state index in [1.165, 1.54) is 11.3 Å². The van der Waals surface area contributed by atoms with Gasteiger partial charge >= 0.3 is 0 Å². The number of thiophene rings is 1. The number of nitrogen functional groups attached to an aromatic ring is 1. The minimum absolute atomic E-state index is 0.0754. The van der Waals surface area contributed by atoms with Gasteiger partial charge in [0.05, 0.1) is 5.00 Å². The van der Waals surface area contributed by atoms with Crippen LogP contribution in [0.3, 0.4) is 0 Å². The largest absolute Gasteiger partial charge is 0.396 e. The van der Waals surface area contributed by atoms with Crippen molar-refractivity contribution >= 4 is 16.3 Å². The van der Waals surface area contributed by atoms with Crippen molar-refractivity contribution in [1.29, 1.82) is 0 Å². The van der Waals surface area contributed by atoms with Gasteiger partial charge in [-0.15, -0.1) is 11.3 Å². The summed E-state index contributed by atoms with van der Waals surface area (Å²) in [5, 5.41) is 11.3. The Bertz CT molecular complexity index is 224. The summed E-state index contributed by atoms with van der Waals surface area (Å²) in [5.41, 5.74) is 12.2. The van der Waals surface area contributed by atoms with Gasteiger partial charge in [-0.05, 0) is 23.4 Å². The predicted molar refractivity (Wildman–Crippen MR) is 47.4 cm³/mol. The van der Waals surface area contributed by atoms with Crippen molar-refractivity contribution in [1.82, 2.24) is 0 Å². The van der Waals surface area contributed by atoms with Crippen LogP contribution >= 0.6 is 11.3 Å². The molecule has 1 atom stereocenters. The molecule has 0 amide bonds. The van der Waals surface area contributed by atoms with Crippen molar-refractivity contribution < 1.29 is 5.11 Å². The molecule has 11 heavy (non-hydrogen) atoms. The molecular formula is C7H12N2OS. The normalized spacial score (nSPS) is 13.3. The summed E-state index contributed by atoms with van der Waals surface area (Å²) in [6, 6.07) is 1.78. The molecule has 1 unspecified atom stereocenters. The summed E-state index contributed by atoms with van der Waals surface area (Å²) in [7, 11) is 0. The van der Waals surface area contributed by atoms with Crippen LogP contribution in [0, 0.1) is 0 Å². The highest BCUT2D eigenvalue weighted by molar-refractivity contribution is 7.14. The molecule has 1 heterocycles. The van der Waals surface area contributed by atoms with E-state index in [0.717, 1.165) is 10.6 Å². The van der Waals surface area contributed by atoms with Crippen LogP contribution in [0.2, 0.25) is 0 Å². The van der Waals surface area contributed by atoms with E-state index >= 15 is 0 Å². The zero-order valence-corrected chi connectivity index (χ0v) is 6.97. The maximum Gasteiger partial charge on any atom is 0.0859 e. The Labute approximate surface area is 69.6 Å². The number of nitrogens with two attached hydrogens (primary N) is 2. The first-order valence-electron chi connectivity index (χ1n) is 3.44. The molecule has 0 fully saturated rings. The van der Waals surface area contributed by atoms with Crippen molar-refractivity contribution in [3.63, 3.8) is 0 Å². The van der Waals surface area contributed by atoms with Crippen LogP contribution in [0.5, 0.6) is 0 Å². The highest BCUT2D eigenvalue weighted by atomic mass is 32.1. The number of rotatable bonds is 3. The quantitative estimate of drug-likeness (QED) is 0.628. The molecule has 0 spiro atoms. The molecule has 0 saturated heterocycles. The van der Waals surface area contributed by atoms with Gasteiger partial charge in [0.2, 0.25) is 0 Å². The van der Waals surface area contributed by atoms with Gasteiger partial charge in [0.25, 0.3) is 0 Å². The lowest BCUT2D eigenvalue weighted by molar-refractivity contribution is 0.276. The summed E-state index contributed by atoms with van der Waals surface area (Å²) >= 11 is 1.47. The monoisotopic (exact) mass is 172 g/mol. The Morgan fingerprint density at radius 3 is 2.82 bits per heavy atom. The van der Waals surface area contributed by atoms with Crippen LogP contribution < -0.4 is 11.5 Å². The summed E-state index contributed by atoms with van der Waals surface area (Å²) in [4.78, 5) is 0. The highest BCUT2D eigenvalue weighted by Crippen LogP contribution is 2.22. The minimum Gasteiger partial charge on any atom is -0.396 e. The van der Waals surface area contributed by atoms with Crippen molar-refractivity contribution in [3.05, 3.63) is 17.0 Å². The Hall–Kier alpha value is -0.580. The molecule has 0 aromatic carbocycles. The van der Waals surface area contributed by atoms with Crippen molar-refractivity contribution in [2.45, 2.75) is 12.5 Å². The molecule has 0 radical (unpaired) electrons. The van der Waals surface area contributed by atoms with Gasteiger partial charge in [0.15, 0.2) is 0 Å². The fourth-order valence-corrected chi connectivity index (χ4v) is 1.59. The third-order valence-electron chi connectivity index (χ3n) is 1.51. The van der Waals surface area contributed by atoms with E-state index < -0.39 is 0 Å². The maximum atomic E-state index is 8.60. The molecule has 1 aromatic rings. The Kier molecular flexibility index (Phi) is 2.87. The van der Waals surface area contributed by atoms with Crippen molar-refractivity contribution in [2.24, 2.45) is 5.73 Å². The van der Waals surface area contributed by atoms with Gasteiger partial charge in [-0.2, -0.15) is 0 Å². The van der Waals surface area contributed by atoms with Crippen LogP contribution in [0.15, 0.2) is 11.4 Å². The molecular weight excluding hydrogens is 160 g/mol. The lowest BCUT2D eigenvalue weighted by Crippen LogP contribution is -2.10. The predicted octanol–water partition coefficient (Wildman–Crippen LogP) is 0.713. The SMILES string of the molecule is Nc1cc(C(N)CCO)cs1. The van der Waals surface area contributed by atoms with Gasteiger partial charge in [-0.3, -0.25) is 0 Å². The molecule has 0 bridgehead atoms. The van der Waals surface area contributed by atoms with E-state index in [9.17, 15) is 0 Å². The lowest BCUT2D eigenvalue weighted by Gasteiger charge is -2.05. The molecule has 5 N–H and O–H groups in total. The van der Waals surface area contributed by atoms with Gasteiger partial charge in [0.1, 0.15) is 0 Å². The summed E-state index contributed by atoms with van der Waals surface area (Å²) in [6.45, 7) is 0.122. The van der Waals surface area contributed by atoms with Gasteiger partial charge in [-0.25, -0.2) is 0 Å². The number of anilines is 1. The first-order chi connectivity index (χ1) is 5.24. The van der Waals surface area contributed by atoms with E-state index in [-0.39, 0.29) is 12.6 Å². The van der Waals surface area contributed by atoms with Crippen LogP contribution in [-0.2, 0) is 0 Å². The Morgan fingerprint density at radius 1 is 1.64 bits per heavy atom. The van der Waals surface area contributed by atoms with Crippen LogP contribution in [0.25, 0.3) is 0 Å². The maximum absolute atomic E-state index is 8.60. The smallest absolute Gasteiger partial charge is 0.0859 e. The molecule has 0 aliphatic carbocycles. The topological polar surface area (TPSA) is 72.3 Å². The van der Waals surface area contributed by atoms with Crippen LogP contribution in [0.4, 0.5) is 5.00 Å². The Balaban J connectivity index is 2.60. The molecule has 3 nitrogen and oxygen atoms in total. The van der Waals surface area contributed by atoms with E-state index in [1.54, 1.807) is 0 Å². The molecule has 0 aliphatic heterocycles. The molecule has 0 aliphatic rings. The first kappa shape index (κ1) is 8.52. The van der Waals surface area contributed by atoms with Crippen molar-refractivity contribution in [3.8, 4) is 0 Å². The molecule has 62 valence electrons. The fraction of sp³-hybridized carbons (Fsp3) is 0.429. The molecule has 1 rings (SSSR count). The van der Waals surface area contributed by atoms with Gasteiger partial charge < -0.3 is 16.6 Å². The molecule has 1 aromatic heterocycles. The number of hydrogen-bond acceptors (Lipinski definition) is 4. The zero-order valence-electron chi connectivity index (χ0n) is 6.16. The zero-order chi connectivity index (χ0) is 8.27. The Morgan fingerprint density at radius 2 is 2.36 bits per heavy atom. The highest BCUT2D eigenvalue weighted by Gasteiger charge is 2.05. The number of aliphatic hydroxyl groups excluding tert-OH is 1. The minimum atomic E-state index is -0.0754. The second-order valence-corrected chi connectivity index (χ2v) is 3.34. The van der Waals surface area contributed by atoms with Gasteiger partial charge in [0, 0.05) is 12.6 Å². The third-order valence-corrected chi connectivity index (χ3v) is 2.29. The van der Waals surface area contributed by atoms with E-state index in [0.29, 0.717) is 6.42 Å². The second-order valence-electron chi connectivity index (χ2n) is 2.40. The fourth-order valence-electron chi connectivity index (χ4n) is 0.869. The van der Waals surface area contributed by atoms with E-state index in [2.05, 4.69) is 0 Å². The first-order valence-corrected chi connectivity index (χ1v) is 4.32. The van der Waals surface area contributed by atoms with E-state index in [1.807, 2.05) is 11.4 Å². The summed E-state index contributed by atoms with van der Waals surface area (Å²) in [5.74, 6) is 0.